The van der Waals surface area contributed by atoms with E-state index in [9.17, 15) is 4.39 Å². The highest BCUT2D eigenvalue weighted by atomic mass is 35.5. The van der Waals surface area contributed by atoms with Crippen LogP contribution in [0.15, 0.2) is 41.8 Å². The fourth-order valence-corrected chi connectivity index (χ4v) is 3.47. The van der Waals surface area contributed by atoms with Crippen molar-refractivity contribution in [1.82, 2.24) is 4.98 Å². The normalized spacial score (nSPS) is 22.1. The summed E-state index contributed by atoms with van der Waals surface area (Å²) in [6, 6.07) is 6.54. The quantitative estimate of drug-likeness (QED) is 0.856. The first-order chi connectivity index (χ1) is 11.7. The number of oxime groups is 1. The minimum absolute atomic E-state index is 0.0365. The van der Waals surface area contributed by atoms with Crippen LogP contribution in [0.2, 0.25) is 5.02 Å². The Morgan fingerprint density at radius 3 is 3.00 bits per heavy atom. The summed E-state index contributed by atoms with van der Waals surface area (Å²) in [5.41, 5.74) is 1.84. The molecule has 2 aliphatic rings. The Kier molecular flexibility index (Phi) is 3.76. The van der Waals surface area contributed by atoms with Crippen molar-refractivity contribution in [2.75, 3.05) is 25.1 Å². The van der Waals surface area contributed by atoms with Crippen LogP contribution in [0.3, 0.4) is 0 Å². The molecule has 0 bridgehead atoms. The van der Waals surface area contributed by atoms with Crippen molar-refractivity contribution < 1.29 is 14.0 Å². The number of hydrogen-bond acceptors (Lipinski definition) is 5. The lowest BCUT2D eigenvalue weighted by Gasteiger charge is -2.19. The van der Waals surface area contributed by atoms with Crippen LogP contribution >= 0.6 is 11.6 Å². The van der Waals surface area contributed by atoms with Gasteiger partial charge in [-0.3, -0.25) is 4.98 Å². The van der Waals surface area contributed by atoms with Crippen LogP contribution in [-0.4, -0.2) is 37.0 Å². The van der Waals surface area contributed by atoms with E-state index in [1.807, 2.05) is 6.07 Å². The molecule has 0 saturated carbocycles. The number of pyridine rings is 1. The molecule has 2 aliphatic heterocycles. The average molecular weight is 348 g/mol. The molecular weight excluding hydrogens is 333 g/mol. The van der Waals surface area contributed by atoms with Crippen molar-refractivity contribution in [2.24, 2.45) is 11.1 Å². The van der Waals surface area contributed by atoms with Gasteiger partial charge in [0.25, 0.3) is 0 Å². The van der Waals surface area contributed by atoms with Gasteiger partial charge in [-0.2, -0.15) is 0 Å². The van der Waals surface area contributed by atoms with Gasteiger partial charge in [-0.25, -0.2) is 4.39 Å². The smallest absolute Gasteiger partial charge is 0.155 e. The second-order valence-electron chi connectivity index (χ2n) is 5.81. The molecule has 3 heterocycles. The maximum Gasteiger partial charge on any atom is 0.155 e. The highest BCUT2D eigenvalue weighted by molar-refractivity contribution is 6.34. The second-order valence-corrected chi connectivity index (χ2v) is 6.22. The molecule has 5 nitrogen and oxygen atoms in total. The van der Waals surface area contributed by atoms with E-state index in [1.54, 1.807) is 31.6 Å². The molecule has 1 saturated heterocycles. The zero-order chi connectivity index (χ0) is 16.7. The van der Waals surface area contributed by atoms with Gasteiger partial charge in [0.1, 0.15) is 17.3 Å². The molecule has 1 aromatic carbocycles. The minimum Gasteiger partial charge on any atom is -0.495 e. The third kappa shape index (κ3) is 2.47. The predicted octanol–water partition coefficient (Wildman–Crippen LogP) is 3.12. The van der Waals surface area contributed by atoms with Crippen LogP contribution in [0, 0.1) is 11.7 Å². The largest absolute Gasteiger partial charge is 0.495 e. The zero-order valence-corrected chi connectivity index (χ0v) is 13.7. The number of benzene rings is 1. The van der Waals surface area contributed by atoms with E-state index in [0.717, 1.165) is 5.69 Å². The molecule has 2 atom stereocenters. The van der Waals surface area contributed by atoms with Gasteiger partial charge >= 0.3 is 0 Å². The fourth-order valence-electron chi connectivity index (χ4n) is 3.21. The van der Waals surface area contributed by atoms with E-state index in [0.29, 0.717) is 35.1 Å². The van der Waals surface area contributed by atoms with Crippen LogP contribution in [0.5, 0.6) is 5.75 Å². The number of hydrogen-bond donors (Lipinski definition) is 0. The van der Waals surface area contributed by atoms with Gasteiger partial charge in [0.2, 0.25) is 0 Å². The lowest BCUT2D eigenvalue weighted by Crippen LogP contribution is -2.24. The number of nitrogens with zero attached hydrogens (tertiary/aromatic N) is 3. The molecule has 1 aromatic heterocycles. The second kappa shape index (κ2) is 5.94. The Morgan fingerprint density at radius 1 is 1.33 bits per heavy atom. The highest BCUT2D eigenvalue weighted by Crippen LogP contribution is 2.35. The van der Waals surface area contributed by atoms with Crippen molar-refractivity contribution in [2.45, 2.75) is 6.10 Å². The van der Waals surface area contributed by atoms with Crippen molar-refractivity contribution in [3.05, 3.63) is 53.1 Å². The molecule has 24 heavy (non-hydrogen) atoms. The first-order valence-electron chi connectivity index (χ1n) is 7.59. The monoisotopic (exact) mass is 347 g/mol. The summed E-state index contributed by atoms with van der Waals surface area (Å²) in [4.78, 5) is 11.8. The third-order valence-corrected chi connectivity index (χ3v) is 4.74. The topological polar surface area (TPSA) is 47.0 Å². The predicted molar refractivity (Wildman–Crippen MR) is 89.3 cm³/mol. The van der Waals surface area contributed by atoms with Gasteiger partial charge in [-0.15, -0.1) is 0 Å². The SMILES string of the molecule is COc1cncc(N2CC3ON=C(c4c(F)cccc4Cl)C3C2)c1. The molecule has 7 heteroatoms. The Hall–Kier alpha value is -2.34. The van der Waals surface area contributed by atoms with E-state index in [2.05, 4.69) is 15.0 Å². The maximum absolute atomic E-state index is 14.2. The summed E-state index contributed by atoms with van der Waals surface area (Å²) >= 11 is 6.18. The Labute approximate surface area is 143 Å². The van der Waals surface area contributed by atoms with E-state index < -0.39 is 0 Å². The molecular formula is C17H15ClFN3O2. The molecule has 2 unspecified atom stereocenters. The first-order valence-corrected chi connectivity index (χ1v) is 7.97. The molecule has 0 spiro atoms. The van der Waals surface area contributed by atoms with Gasteiger partial charge in [-0.1, -0.05) is 22.8 Å². The first kappa shape index (κ1) is 15.2. The molecule has 0 radical (unpaired) electrons. The number of ether oxygens (including phenoxy) is 1. The van der Waals surface area contributed by atoms with Crippen molar-refractivity contribution in [1.29, 1.82) is 0 Å². The summed E-state index contributed by atoms with van der Waals surface area (Å²) in [7, 11) is 1.60. The maximum atomic E-state index is 14.2. The number of aromatic nitrogens is 1. The van der Waals surface area contributed by atoms with Gasteiger partial charge in [0.05, 0.1) is 48.2 Å². The highest BCUT2D eigenvalue weighted by Gasteiger charge is 2.44. The number of fused-ring (bicyclic) bond motifs is 1. The molecule has 124 valence electrons. The van der Waals surface area contributed by atoms with E-state index in [4.69, 9.17) is 21.2 Å². The third-order valence-electron chi connectivity index (χ3n) is 4.42. The van der Waals surface area contributed by atoms with Gasteiger partial charge < -0.3 is 14.5 Å². The minimum atomic E-state index is -0.382. The van der Waals surface area contributed by atoms with Crippen LogP contribution in [-0.2, 0) is 4.84 Å². The standard InChI is InChI=1S/C17H15ClFN3O2/c1-23-11-5-10(6-20-7-11)22-8-12-15(9-22)24-21-17(12)16-13(18)3-2-4-14(16)19/h2-7,12,15H,8-9H2,1H3. The number of rotatable bonds is 3. The van der Waals surface area contributed by atoms with E-state index in [-0.39, 0.29) is 17.8 Å². The lowest BCUT2D eigenvalue weighted by atomic mass is 9.94. The van der Waals surface area contributed by atoms with Crippen LogP contribution in [0.25, 0.3) is 0 Å². The van der Waals surface area contributed by atoms with E-state index >= 15 is 0 Å². The summed E-state index contributed by atoms with van der Waals surface area (Å²) in [6.07, 6.45) is 3.31. The number of halogens is 2. The molecule has 0 N–H and O–H groups in total. The lowest BCUT2D eigenvalue weighted by molar-refractivity contribution is 0.0854. The average Bonchev–Trinajstić information content (AvgIpc) is 3.16. The van der Waals surface area contributed by atoms with E-state index in [1.165, 1.54) is 6.07 Å². The Bertz CT molecular complexity index is 794. The van der Waals surface area contributed by atoms with Crippen molar-refractivity contribution >= 4 is 23.0 Å². The zero-order valence-electron chi connectivity index (χ0n) is 12.9. The summed E-state index contributed by atoms with van der Waals surface area (Å²) in [5.74, 6) is 0.272. The van der Waals surface area contributed by atoms with Crippen molar-refractivity contribution in [3.63, 3.8) is 0 Å². The number of methoxy groups -OCH3 is 1. The summed E-state index contributed by atoms with van der Waals surface area (Å²) in [6.45, 7) is 1.31. The van der Waals surface area contributed by atoms with Crippen LogP contribution in [0.1, 0.15) is 5.56 Å². The molecule has 0 aliphatic carbocycles. The molecule has 2 aromatic rings. The van der Waals surface area contributed by atoms with Gasteiger partial charge in [0.15, 0.2) is 6.10 Å². The molecule has 0 amide bonds. The molecule has 1 fully saturated rings. The summed E-state index contributed by atoms with van der Waals surface area (Å²) in [5, 5.41) is 4.45. The van der Waals surface area contributed by atoms with Crippen LogP contribution < -0.4 is 9.64 Å². The van der Waals surface area contributed by atoms with Crippen LogP contribution in [0.4, 0.5) is 10.1 Å². The Morgan fingerprint density at radius 2 is 2.21 bits per heavy atom. The van der Waals surface area contributed by atoms with Gasteiger partial charge in [0, 0.05) is 12.6 Å². The molecule has 4 rings (SSSR count). The Balaban J connectivity index is 1.61. The number of anilines is 1. The fraction of sp³-hybridized carbons (Fsp3) is 0.294. The summed E-state index contributed by atoms with van der Waals surface area (Å²) < 4.78 is 19.4. The van der Waals surface area contributed by atoms with Crippen molar-refractivity contribution in [3.8, 4) is 5.75 Å². The van der Waals surface area contributed by atoms with Gasteiger partial charge in [-0.05, 0) is 12.1 Å².